The average molecular weight is 208 g/mol. The summed E-state index contributed by atoms with van der Waals surface area (Å²) in [5.41, 5.74) is 1.26. The minimum absolute atomic E-state index is 0.0157. The average Bonchev–Trinajstić information content (AvgIpc) is 2.50. The number of aromatic nitrogens is 2. The van der Waals surface area contributed by atoms with Crippen molar-refractivity contribution in [3.63, 3.8) is 0 Å². The molecule has 1 fully saturated rings. The molecule has 2 heterocycles. The Morgan fingerprint density at radius 1 is 1.73 bits per heavy atom. The van der Waals surface area contributed by atoms with Crippen molar-refractivity contribution in [1.29, 1.82) is 0 Å². The monoisotopic (exact) mass is 208 g/mol. The lowest BCUT2D eigenvalue weighted by Gasteiger charge is -2.27. The second kappa shape index (κ2) is 4.44. The number of carbonyl (C=O) groups excluding carboxylic acids is 1. The number of nitrogens with zero attached hydrogens (tertiary/aromatic N) is 2. The van der Waals surface area contributed by atoms with Crippen molar-refractivity contribution in [2.45, 2.75) is 19.4 Å². The Bertz CT molecular complexity index is 343. The normalized spacial score (nSPS) is 16.1. The first-order valence-corrected chi connectivity index (χ1v) is 5.22. The van der Waals surface area contributed by atoms with Gasteiger partial charge in [-0.1, -0.05) is 0 Å². The fourth-order valence-electron chi connectivity index (χ4n) is 1.71. The van der Waals surface area contributed by atoms with Crippen LogP contribution in [0.15, 0.2) is 12.5 Å². The summed E-state index contributed by atoms with van der Waals surface area (Å²) in [4.78, 5) is 14.9. The summed E-state index contributed by atoms with van der Waals surface area (Å²) in [6.07, 6.45) is 3.74. The third-order valence-electron chi connectivity index (χ3n) is 2.67. The number of nitrogens with one attached hydrogen (secondary N) is 2. The lowest BCUT2D eigenvalue weighted by molar-refractivity contribution is -0.118. The molecule has 0 atom stereocenters. The molecule has 1 saturated heterocycles. The van der Waals surface area contributed by atoms with E-state index >= 15 is 0 Å². The van der Waals surface area contributed by atoms with E-state index in [-0.39, 0.29) is 5.91 Å². The SMILES string of the molecule is CC(=O)NCCn1cncc1C1CNC1. The Morgan fingerprint density at radius 3 is 3.13 bits per heavy atom. The van der Waals surface area contributed by atoms with Crippen LogP contribution in [0.5, 0.6) is 0 Å². The number of amides is 1. The molecule has 1 aliphatic rings. The van der Waals surface area contributed by atoms with Crippen molar-refractivity contribution >= 4 is 5.91 Å². The molecule has 5 nitrogen and oxygen atoms in total. The van der Waals surface area contributed by atoms with Gasteiger partial charge in [-0.05, 0) is 0 Å². The molecule has 1 aliphatic heterocycles. The highest BCUT2D eigenvalue weighted by atomic mass is 16.1. The van der Waals surface area contributed by atoms with E-state index in [1.54, 1.807) is 0 Å². The fraction of sp³-hybridized carbons (Fsp3) is 0.600. The van der Waals surface area contributed by atoms with Crippen molar-refractivity contribution in [1.82, 2.24) is 20.2 Å². The molecule has 15 heavy (non-hydrogen) atoms. The summed E-state index contributed by atoms with van der Waals surface area (Å²) in [5.74, 6) is 0.604. The Labute approximate surface area is 88.9 Å². The van der Waals surface area contributed by atoms with E-state index in [0.717, 1.165) is 19.6 Å². The Balaban J connectivity index is 1.89. The van der Waals surface area contributed by atoms with Crippen LogP contribution in [0, 0.1) is 0 Å². The predicted molar refractivity (Wildman–Crippen MR) is 56.5 cm³/mol. The Morgan fingerprint density at radius 2 is 2.53 bits per heavy atom. The molecule has 0 spiro atoms. The summed E-state index contributed by atoms with van der Waals surface area (Å²) in [6, 6.07) is 0. The minimum atomic E-state index is 0.0157. The molecule has 0 saturated carbocycles. The lowest BCUT2D eigenvalue weighted by atomic mass is 10.00. The van der Waals surface area contributed by atoms with Gasteiger partial charge in [-0.2, -0.15) is 0 Å². The molecule has 0 bridgehead atoms. The van der Waals surface area contributed by atoms with Crippen molar-refractivity contribution in [3.8, 4) is 0 Å². The highest BCUT2D eigenvalue weighted by molar-refractivity contribution is 5.72. The zero-order valence-corrected chi connectivity index (χ0v) is 8.86. The largest absolute Gasteiger partial charge is 0.355 e. The molecule has 5 heteroatoms. The van der Waals surface area contributed by atoms with Crippen LogP contribution in [0.1, 0.15) is 18.5 Å². The number of imidazole rings is 1. The molecule has 0 aromatic carbocycles. The first kappa shape index (κ1) is 10.2. The zero-order valence-electron chi connectivity index (χ0n) is 8.86. The number of hydrogen-bond donors (Lipinski definition) is 2. The topological polar surface area (TPSA) is 59.0 Å². The molecule has 1 amide bonds. The molecular formula is C10H16N4O. The van der Waals surface area contributed by atoms with Gasteiger partial charge in [-0.3, -0.25) is 4.79 Å². The maximum atomic E-state index is 10.7. The van der Waals surface area contributed by atoms with Crippen LogP contribution in [0.3, 0.4) is 0 Å². The van der Waals surface area contributed by atoms with E-state index in [9.17, 15) is 4.79 Å². The third-order valence-corrected chi connectivity index (χ3v) is 2.67. The number of hydrogen-bond acceptors (Lipinski definition) is 3. The van der Waals surface area contributed by atoms with Crippen LogP contribution in [-0.2, 0) is 11.3 Å². The molecule has 0 radical (unpaired) electrons. The quantitative estimate of drug-likeness (QED) is 0.714. The van der Waals surface area contributed by atoms with E-state index in [4.69, 9.17) is 0 Å². The van der Waals surface area contributed by atoms with Crippen molar-refractivity contribution in [2.75, 3.05) is 19.6 Å². The first-order valence-electron chi connectivity index (χ1n) is 5.22. The maximum Gasteiger partial charge on any atom is 0.216 e. The maximum absolute atomic E-state index is 10.7. The molecular weight excluding hydrogens is 192 g/mol. The van der Waals surface area contributed by atoms with Gasteiger partial charge < -0.3 is 15.2 Å². The fourth-order valence-corrected chi connectivity index (χ4v) is 1.71. The van der Waals surface area contributed by atoms with Crippen LogP contribution in [0.2, 0.25) is 0 Å². The number of rotatable bonds is 4. The van der Waals surface area contributed by atoms with Gasteiger partial charge in [-0.15, -0.1) is 0 Å². The van der Waals surface area contributed by atoms with Gasteiger partial charge >= 0.3 is 0 Å². The molecule has 1 aromatic rings. The van der Waals surface area contributed by atoms with E-state index in [1.807, 2.05) is 12.5 Å². The van der Waals surface area contributed by atoms with Gasteiger partial charge in [0.05, 0.1) is 6.33 Å². The van der Waals surface area contributed by atoms with Gasteiger partial charge in [0.25, 0.3) is 0 Å². The van der Waals surface area contributed by atoms with Crippen LogP contribution >= 0.6 is 0 Å². The van der Waals surface area contributed by atoms with E-state index < -0.39 is 0 Å². The van der Waals surface area contributed by atoms with Gasteiger partial charge in [0.1, 0.15) is 0 Å². The van der Waals surface area contributed by atoms with E-state index in [0.29, 0.717) is 12.5 Å². The molecule has 0 unspecified atom stereocenters. The van der Waals surface area contributed by atoms with E-state index in [2.05, 4.69) is 20.2 Å². The second-order valence-electron chi connectivity index (χ2n) is 3.85. The van der Waals surface area contributed by atoms with Crippen LogP contribution in [0.25, 0.3) is 0 Å². The molecule has 2 rings (SSSR count). The van der Waals surface area contributed by atoms with Gasteiger partial charge in [0.2, 0.25) is 5.91 Å². The van der Waals surface area contributed by atoms with Crippen molar-refractivity contribution in [2.24, 2.45) is 0 Å². The standard InChI is InChI=1S/C10H16N4O/c1-8(15)13-2-3-14-7-12-6-10(14)9-4-11-5-9/h6-7,9,11H,2-5H2,1H3,(H,13,15). The summed E-state index contributed by atoms with van der Waals surface area (Å²) in [5, 5.41) is 6.02. The summed E-state index contributed by atoms with van der Waals surface area (Å²) < 4.78 is 2.11. The minimum Gasteiger partial charge on any atom is -0.355 e. The molecule has 82 valence electrons. The van der Waals surface area contributed by atoms with Gasteiger partial charge in [0.15, 0.2) is 0 Å². The first-order chi connectivity index (χ1) is 7.27. The highest BCUT2D eigenvalue weighted by Crippen LogP contribution is 2.18. The van der Waals surface area contributed by atoms with Gasteiger partial charge in [-0.25, -0.2) is 4.98 Å². The third kappa shape index (κ3) is 2.36. The Kier molecular flexibility index (Phi) is 3.01. The Hall–Kier alpha value is -1.36. The summed E-state index contributed by atoms with van der Waals surface area (Å²) in [6.45, 7) is 5.06. The van der Waals surface area contributed by atoms with Crippen LogP contribution in [0.4, 0.5) is 0 Å². The summed E-state index contributed by atoms with van der Waals surface area (Å²) in [7, 11) is 0. The summed E-state index contributed by atoms with van der Waals surface area (Å²) >= 11 is 0. The zero-order chi connectivity index (χ0) is 10.7. The second-order valence-corrected chi connectivity index (χ2v) is 3.85. The smallest absolute Gasteiger partial charge is 0.216 e. The molecule has 2 N–H and O–H groups in total. The highest BCUT2D eigenvalue weighted by Gasteiger charge is 2.21. The van der Waals surface area contributed by atoms with Gasteiger partial charge in [0, 0.05) is 50.9 Å². The van der Waals surface area contributed by atoms with Crippen molar-refractivity contribution in [3.05, 3.63) is 18.2 Å². The predicted octanol–water partition coefficient (Wildman–Crippen LogP) is -0.294. The lowest BCUT2D eigenvalue weighted by Crippen LogP contribution is -2.41. The molecule has 1 aromatic heterocycles. The number of carbonyl (C=O) groups is 1. The van der Waals surface area contributed by atoms with Crippen molar-refractivity contribution < 1.29 is 4.79 Å². The van der Waals surface area contributed by atoms with Crippen LogP contribution < -0.4 is 10.6 Å². The molecule has 0 aliphatic carbocycles. The van der Waals surface area contributed by atoms with Crippen LogP contribution in [-0.4, -0.2) is 35.1 Å². The van der Waals surface area contributed by atoms with E-state index in [1.165, 1.54) is 12.6 Å².